The molecule has 126 valence electrons. The van der Waals surface area contributed by atoms with Crippen LogP contribution in [0.15, 0.2) is 36.4 Å². The zero-order valence-electron chi connectivity index (χ0n) is 11.3. The summed E-state index contributed by atoms with van der Waals surface area (Å²) in [5, 5.41) is 9.71. The summed E-state index contributed by atoms with van der Waals surface area (Å²) in [5.41, 5.74) is 6.26. The first-order valence-electron chi connectivity index (χ1n) is 5.96. The number of phenols is 1. The highest BCUT2D eigenvalue weighted by molar-refractivity contribution is 6.30. The van der Waals surface area contributed by atoms with E-state index in [0.29, 0.717) is 5.56 Å². The second-order valence-electron chi connectivity index (χ2n) is 4.42. The van der Waals surface area contributed by atoms with Crippen LogP contribution in [-0.2, 0) is 0 Å². The van der Waals surface area contributed by atoms with Gasteiger partial charge in [-0.3, -0.25) is 0 Å². The number of ether oxygens (including phenoxy) is 1. The molecule has 2 aromatic carbocycles. The predicted molar refractivity (Wildman–Crippen MR) is 79.5 cm³/mol. The monoisotopic (exact) mass is 371 g/mol. The van der Waals surface area contributed by atoms with Crippen molar-refractivity contribution in [2.45, 2.75) is 12.4 Å². The number of nitrogens with two attached hydrogens (primary N) is 1. The SMILES string of the molecule is Cl.N[C@H](c1ccc(OC(F)(F)F)cc1)c1cc(Cl)cc(F)c1O. The molecule has 0 aromatic heterocycles. The van der Waals surface area contributed by atoms with Crippen LogP contribution in [0.3, 0.4) is 0 Å². The van der Waals surface area contributed by atoms with E-state index >= 15 is 0 Å². The molecular weight excluding hydrogens is 361 g/mol. The topological polar surface area (TPSA) is 55.5 Å². The van der Waals surface area contributed by atoms with Crippen molar-refractivity contribution >= 4 is 24.0 Å². The summed E-state index contributed by atoms with van der Waals surface area (Å²) >= 11 is 5.70. The van der Waals surface area contributed by atoms with Crippen molar-refractivity contribution in [2.24, 2.45) is 5.73 Å². The van der Waals surface area contributed by atoms with Crippen LogP contribution in [0.1, 0.15) is 17.2 Å². The molecule has 0 aliphatic heterocycles. The lowest BCUT2D eigenvalue weighted by atomic mass is 9.98. The maximum absolute atomic E-state index is 13.4. The number of alkyl halides is 3. The number of hydrogen-bond donors (Lipinski definition) is 2. The Labute approximate surface area is 140 Å². The molecule has 2 aromatic rings. The van der Waals surface area contributed by atoms with Gasteiger partial charge in [0.15, 0.2) is 11.6 Å². The van der Waals surface area contributed by atoms with E-state index in [0.717, 1.165) is 18.2 Å². The first kappa shape index (κ1) is 19.3. The summed E-state index contributed by atoms with van der Waals surface area (Å²) in [7, 11) is 0. The molecule has 1 atom stereocenters. The summed E-state index contributed by atoms with van der Waals surface area (Å²) < 4.78 is 53.4. The molecule has 0 heterocycles. The number of halogens is 6. The van der Waals surface area contributed by atoms with Gasteiger partial charge in [0.05, 0.1) is 6.04 Å². The zero-order chi connectivity index (χ0) is 16.5. The lowest BCUT2D eigenvalue weighted by Crippen LogP contribution is -2.17. The number of benzene rings is 2. The standard InChI is InChI=1S/C14H10ClF4NO2.ClH/c15-8-5-10(13(21)11(16)6-8)12(20)7-1-3-9(4-2-7)22-14(17,18)19;/h1-6,12,21H,20H2;1H/t12-;/m1./s1. The molecule has 2 rings (SSSR count). The van der Waals surface area contributed by atoms with Gasteiger partial charge in [0, 0.05) is 10.6 Å². The fourth-order valence-electron chi connectivity index (χ4n) is 1.88. The Morgan fingerprint density at radius 3 is 2.22 bits per heavy atom. The molecule has 9 heteroatoms. The molecule has 0 unspecified atom stereocenters. The van der Waals surface area contributed by atoms with E-state index in [9.17, 15) is 22.7 Å². The normalized spacial score (nSPS) is 12.4. The Kier molecular flexibility index (Phi) is 6.10. The van der Waals surface area contributed by atoms with Gasteiger partial charge in [-0.15, -0.1) is 25.6 Å². The Balaban J connectivity index is 0.00000264. The van der Waals surface area contributed by atoms with E-state index in [2.05, 4.69) is 4.74 Å². The Hall–Kier alpha value is -1.70. The molecule has 0 bridgehead atoms. The molecule has 0 aliphatic rings. The van der Waals surface area contributed by atoms with Crippen LogP contribution in [0.25, 0.3) is 0 Å². The number of hydrogen-bond acceptors (Lipinski definition) is 3. The van der Waals surface area contributed by atoms with Crippen LogP contribution in [0.2, 0.25) is 5.02 Å². The molecule has 0 saturated carbocycles. The Morgan fingerprint density at radius 1 is 1.13 bits per heavy atom. The van der Waals surface area contributed by atoms with Crippen molar-refractivity contribution in [3.05, 3.63) is 58.4 Å². The second kappa shape index (κ2) is 7.25. The first-order chi connectivity index (χ1) is 10.2. The molecule has 0 aliphatic carbocycles. The smallest absolute Gasteiger partial charge is 0.505 e. The van der Waals surface area contributed by atoms with Gasteiger partial charge in [0.2, 0.25) is 0 Å². The third kappa shape index (κ3) is 4.89. The van der Waals surface area contributed by atoms with Gasteiger partial charge in [-0.1, -0.05) is 23.7 Å². The van der Waals surface area contributed by atoms with Crippen LogP contribution in [-0.4, -0.2) is 11.5 Å². The molecule has 3 N–H and O–H groups in total. The fraction of sp³-hybridized carbons (Fsp3) is 0.143. The molecule has 0 radical (unpaired) electrons. The summed E-state index contributed by atoms with van der Waals surface area (Å²) in [6.07, 6.45) is -4.79. The van der Waals surface area contributed by atoms with Crippen LogP contribution in [0, 0.1) is 5.82 Å². The van der Waals surface area contributed by atoms with Crippen molar-refractivity contribution in [1.29, 1.82) is 0 Å². The average Bonchev–Trinajstić information content (AvgIpc) is 2.41. The van der Waals surface area contributed by atoms with Gasteiger partial charge < -0.3 is 15.6 Å². The molecular formula is C14H11Cl2F4NO2. The summed E-state index contributed by atoms with van der Waals surface area (Å²) in [6, 6.07) is 5.95. The van der Waals surface area contributed by atoms with E-state index in [1.165, 1.54) is 18.2 Å². The number of rotatable bonds is 3. The number of aromatic hydroxyl groups is 1. The van der Waals surface area contributed by atoms with E-state index in [1.807, 2.05) is 0 Å². The highest BCUT2D eigenvalue weighted by Gasteiger charge is 2.31. The lowest BCUT2D eigenvalue weighted by molar-refractivity contribution is -0.274. The van der Waals surface area contributed by atoms with Crippen molar-refractivity contribution in [2.75, 3.05) is 0 Å². The first-order valence-corrected chi connectivity index (χ1v) is 6.34. The van der Waals surface area contributed by atoms with Crippen molar-refractivity contribution in [3.8, 4) is 11.5 Å². The van der Waals surface area contributed by atoms with E-state index in [1.54, 1.807) is 0 Å². The van der Waals surface area contributed by atoms with Crippen molar-refractivity contribution in [3.63, 3.8) is 0 Å². The van der Waals surface area contributed by atoms with Gasteiger partial charge in [-0.05, 0) is 29.8 Å². The Morgan fingerprint density at radius 2 is 1.70 bits per heavy atom. The van der Waals surface area contributed by atoms with Crippen LogP contribution >= 0.6 is 24.0 Å². The third-order valence-electron chi connectivity index (χ3n) is 2.87. The summed E-state index contributed by atoms with van der Waals surface area (Å²) in [5.74, 6) is -2.01. The van der Waals surface area contributed by atoms with Crippen molar-refractivity contribution < 1.29 is 27.4 Å². The van der Waals surface area contributed by atoms with E-state index in [-0.39, 0.29) is 23.0 Å². The minimum Gasteiger partial charge on any atom is -0.505 e. The predicted octanol–water partition coefficient (Wildman–Crippen LogP) is 4.55. The van der Waals surface area contributed by atoms with Gasteiger partial charge in [0.1, 0.15) is 5.75 Å². The van der Waals surface area contributed by atoms with E-state index < -0.39 is 29.7 Å². The minimum atomic E-state index is -4.79. The highest BCUT2D eigenvalue weighted by Crippen LogP contribution is 2.33. The second-order valence-corrected chi connectivity index (χ2v) is 4.86. The van der Waals surface area contributed by atoms with Crippen LogP contribution < -0.4 is 10.5 Å². The third-order valence-corrected chi connectivity index (χ3v) is 3.08. The fourth-order valence-corrected chi connectivity index (χ4v) is 2.09. The summed E-state index contributed by atoms with van der Waals surface area (Å²) in [6.45, 7) is 0. The van der Waals surface area contributed by atoms with Crippen LogP contribution in [0.5, 0.6) is 11.5 Å². The quantitative estimate of drug-likeness (QED) is 0.778. The van der Waals surface area contributed by atoms with Gasteiger partial charge in [0.25, 0.3) is 0 Å². The van der Waals surface area contributed by atoms with Gasteiger partial charge in [-0.2, -0.15) is 0 Å². The maximum Gasteiger partial charge on any atom is 0.573 e. The van der Waals surface area contributed by atoms with Crippen molar-refractivity contribution in [1.82, 2.24) is 0 Å². The zero-order valence-corrected chi connectivity index (χ0v) is 12.8. The van der Waals surface area contributed by atoms with E-state index in [4.69, 9.17) is 17.3 Å². The average molecular weight is 372 g/mol. The number of phenolic OH excluding ortho intramolecular Hbond substituents is 1. The van der Waals surface area contributed by atoms with Gasteiger partial charge >= 0.3 is 6.36 Å². The molecule has 0 fully saturated rings. The van der Waals surface area contributed by atoms with Gasteiger partial charge in [-0.25, -0.2) is 4.39 Å². The maximum atomic E-state index is 13.4. The molecule has 23 heavy (non-hydrogen) atoms. The van der Waals surface area contributed by atoms with Crippen LogP contribution in [0.4, 0.5) is 17.6 Å². The molecule has 3 nitrogen and oxygen atoms in total. The minimum absolute atomic E-state index is 0. The Bertz CT molecular complexity index is 678. The largest absolute Gasteiger partial charge is 0.573 e. The summed E-state index contributed by atoms with van der Waals surface area (Å²) in [4.78, 5) is 0. The molecule has 0 spiro atoms. The molecule has 0 saturated heterocycles. The highest BCUT2D eigenvalue weighted by atomic mass is 35.5. The lowest BCUT2D eigenvalue weighted by Gasteiger charge is -2.16. The molecule has 0 amide bonds.